The maximum atomic E-state index is 5.83. The molecule has 1 aliphatic heterocycles. The van der Waals surface area contributed by atoms with Crippen molar-refractivity contribution in [2.75, 3.05) is 67.0 Å². The number of likely N-dealkylation sites (N-methyl/N-ethyl adjacent to an activating group) is 2. The normalized spacial score (nSPS) is 19.7. The summed E-state index contributed by atoms with van der Waals surface area (Å²) in [5, 5.41) is 2.84. The molecule has 0 aliphatic carbocycles. The lowest BCUT2D eigenvalue weighted by Crippen LogP contribution is -2.62. The minimum atomic E-state index is 0.345. The minimum absolute atomic E-state index is 0.345. The van der Waals surface area contributed by atoms with Gasteiger partial charge in [-0.3, -0.25) is 15.3 Å². The number of nitrogens with zero attached hydrogens (tertiary/aromatic N) is 4. The quantitative estimate of drug-likeness (QED) is 0.272. The van der Waals surface area contributed by atoms with Crippen LogP contribution in [0, 0.1) is 5.92 Å². The molecule has 1 rings (SSSR count). The molecule has 26 heavy (non-hydrogen) atoms. The standard InChI is InChI=1S/C17H39N7.C2H6/c1-15(2)14-21-17(19)22-16(18)20-8-6-7-9-24(5)12-10-23(3,4)11-13-24;1-2/h15H,6-14H2,1-5H3,(H5,18,19,20,21,22);1-2H3/q+2;. The Hall–Kier alpha value is -1.34. The number of quaternary nitrogens is 2. The Balaban J connectivity index is 0.00000301. The Bertz CT molecular complexity index is 431. The Morgan fingerprint density at radius 2 is 1.46 bits per heavy atom. The van der Waals surface area contributed by atoms with E-state index in [1.54, 1.807) is 0 Å². The SMILES string of the molecule is CC.CC(C)CN=C(N)NC(N)=NCCCC[N+]1(C)CC[N+](C)(C)CC1. The van der Waals surface area contributed by atoms with Crippen molar-refractivity contribution in [2.24, 2.45) is 27.4 Å². The Morgan fingerprint density at radius 1 is 0.923 bits per heavy atom. The molecule has 154 valence electrons. The topological polar surface area (TPSA) is 88.8 Å². The first-order valence-electron chi connectivity index (χ1n) is 10.1. The number of unbranched alkanes of at least 4 members (excludes halogenated alkanes) is 1. The number of hydrogen-bond acceptors (Lipinski definition) is 2. The summed E-state index contributed by atoms with van der Waals surface area (Å²) in [4.78, 5) is 8.54. The molecule has 1 saturated heterocycles. The molecule has 1 aliphatic rings. The van der Waals surface area contributed by atoms with Crippen LogP contribution < -0.4 is 16.8 Å². The van der Waals surface area contributed by atoms with E-state index in [0.29, 0.717) is 24.4 Å². The molecule has 0 bridgehead atoms. The monoisotopic (exact) mass is 371 g/mol. The molecule has 7 nitrogen and oxygen atoms in total. The summed E-state index contributed by atoms with van der Waals surface area (Å²) < 4.78 is 2.34. The van der Waals surface area contributed by atoms with E-state index >= 15 is 0 Å². The molecule has 0 spiro atoms. The van der Waals surface area contributed by atoms with Crippen molar-refractivity contribution in [1.82, 2.24) is 5.32 Å². The lowest BCUT2D eigenvalue weighted by atomic mass is 10.2. The number of nitrogens with two attached hydrogens (primary N) is 2. The van der Waals surface area contributed by atoms with Crippen LogP contribution in [0.15, 0.2) is 9.98 Å². The molecule has 0 aromatic rings. The third-order valence-corrected chi connectivity index (χ3v) is 4.76. The van der Waals surface area contributed by atoms with Crippen molar-refractivity contribution in [2.45, 2.75) is 40.5 Å². The van der Waals surface area contributed by atoms with Crippen LogP contribution in [-0.2, 0) is 0 Å². The first kappa shape index (κ1) is 24.7. The van der Waals surface area contributed by atoms with Gasteiger partial charge in [0.15, 0.2) is 11.9 Å². The maximum absolute atomic E-state index is 5.83. The molecule has 0 radical (unpaired) electrons. The van der Waals surface area contributed by atoms with Crippen LogP contribution in [-0.4, -0.2) is 87.8 Å². The molecule has 0 aromatic heterocycles. The fraction of sp³-hybridized carbons (Fsp3) is 0.895. The lowest BCUT2D eigenvalue weighted by molar-refractivity contribution is -1.01. The van der Waals surface area contributed by atoms with Crippen LogP contribution in [0.1, 0.15) is 40.5 Å². The van der Waals surface area contributed by atoms with Gasteiger partial charge in [-0.25, -0.2) is 0 Å². The van der Waals surface area contributed by atoms with Crippen LogP contribution in [0.5, 0.6) is 0 Å². The number of nitrogens with one attached hydrogen (secondary N) is 1. The third-order valence-electron chi connectivity index (χ3n) is 4.76. The molecule has 1 heterocycles. The molecule has 0 unspecified atom stereocenters. The van der Waals surface area contributed by atoms with Gasteiger partial charge in [0.25, 0.3) is 0 Å². The third kappa shape index (κ3) is 11.3. The molecular weight excluding hydrogens is 326 g/mol. The average Bonchev–Trinajstić information content (AvgIpc) is 2.58. The van der Waals surface area contributed by atoms with Crippen molar-refractivity contribution in [3.05, 3.63) is 0 Å². The van der Waals surface area contributed by atoms with Crippen LogP contribution in [0.2, 0.25) is 0 Å². The number of guanidine groups is 2. The molecule has 7 heteroatoms. The zero-order chi connectivity index (χ0) is 20.2. The van der Waals surface area contributed by atoms with Gasteiger partial charge in [-0.2, -0.15) is 0 Å². The number of piperazine rings is 1. The summed E-state index contributed by atoms with van der Waals surface area (Å²) in [7, 11) is 7.03. The predicted molar refractivity (Wildman–Crippen MR) is 114 cm³/mol. The highest BCUT2D eigenvalue weighted by Gasteiger charge is 2.33. The van der Waals surface area contributed by atoms with Gasteiger partial charge in [-0.15, -0.1) is 0 Å². The first-order valence-corrected chi connectivity index (χ1v) is 10.1. The fourth-order valence-corrected chi connectivity index (χ4v) is 2.77. The van der Waals surface area contributed by atoms with Gasteiger partial charge < -0.3 is 20.4 Å². The van der Waals surface area contributed by atoms with Gasteiger partial charge in [0.05, 0.1) is 27.7 Å². The van der Waals surface area contributed by atoms with E-state index in [9.17, 15) is 0 Å². The van der Waals surface area contributed by atoms with Crippen molar-refractivity contribution >= 4 is 11.9 Å². The highest BCUT2D eigenvalue weighted by atomic mass is 15.4. The molecular formula is C19H45N7+2. The highest BCUT2D eigenvalue weighted by molar-refractivity contribution is 5.96. The van der Waals surface area contributed by atoms with Crippen LogP contribution in [0.25, 0.3) is 0 Å². The van der Waals surface area contributed by atoms with E-state index in [4.69, 9.17) is 11.5 Å². The van der Waals surface area contributed by atoms with Crippen molar-refractivity contribution in [3.63, 3.8) is 0 Å². The first-order chi connectivity index (χ1) is 12.1. The van der Waals surface area contributed by atoms with Crippen LogP contribution in [0.3, 0.4) is 0 Å². The second-order valence-electron chi connectivity index (χ2n) is 8.39. The van der Waals surface area contributed by atoms with E-state index in [-0.39, 0.29) is 0 Å². The fourth-order valence-electron chi connectivity index (χ4n) is 2.77. The summed E-state index contributed by atoms with van der Waals surface area (Å²) in [6, 6.07) is 0. The van der Waals surface area contributed by atoms with Crippen molar-refractivity contribution in [1.29, 1.82) is 0 Å². The van der Waals surface area contributed by atoms with E-state index < -0.39 is 0 Å². The van der Waals surface area contributed by atoms with Gasteiger partial charge in [0, 0.05) is 13.1 Å². The predicted octanol–water partition coefficient (Wildman–Crippen LogP) is 1.20. The molecule has 0 aromatic carbocycles. The summed E-state index contributed by atoms with van der Waals surface area (Å²) in [6.07, 6.45) is 2.23. The van der Waals surface area contributed by atoms with Gasteiger partial charge in [0.2, 0.25) is 0 Å². The average molecular weight is 372 g/mol. The second-order valence-corrected chi connectivity index (χ2v) is 8.39. The Kier molecular flexibility index (Phi) is 11.5. The second kappa shape index (κ2) is 12.1. The molecule has 1 fully saturated rings. The molecule has 0 amide bonds. The Labute approximate surface area is 161 Å². The van der Waals surface area contributed by atoms with Crippen LogP contribution >= 0.6 is 0 Å². The lowest BCUT2D eigenvalue weighted by Gasteiger charge is -2.44. The van der Waals surface area contributed by atoms with E-state index in [1.165, 1.54) is 43.6 Å². The number of hydrogen-bond donors (Lipinski definition) is 3. The van der Waals surface area contributed by atoms with Crippen molar-refractivity contribution in [3.8, 4) is 0 Å². The van der Waals surface area contributed by atoms with Gasteiger partial charge in [-0.1, -0.05) is 27.7 Å². The van der Waals surface area contributed by atoms with Gasteiger partial charge in [0.1, 0.15) is 26.2 Å². The maximum Gasteiger partial charge on any atom is 0.195 e. The summed E-state index contributed by atoms with van der Waals surface area (Å²) in [5.74, 6) is 1.18. The molecule has 0 atom stereocenters. The summed E-state index contributed by atoms with van der Waals surface area (Å²) >= 11 is 0. The smallest absolute Gasteiger partial charge is 0.195 e. The van der Waals surface area contributed by atoms with Crippen molar-refractivity contribution < 1.29 is 8.97 Å². The zero-order valence-corrected chi connectivity index (χ0v) is 18.4. The van der Waals surface area contributed by atoms with E-state index in [0.717, 1.165) is 17.4 Å². The zero-order valence-electron chi connectivity index (χ0n) is 18.4. The van der Waals surface area contributed by atoms with Gasteiger partial charge in [-0.05, 0) is 18.8 Å². The largest absolute Gasteiger partial charge is 0.370 e. The van der Waals surface area contributed by atoms with E-state index in [2.05, 4.69) is 50.3 Å². The number of rotatable bonds is 7. The summed E-state index contributed by atoms with van der Waals surface area (Å²) in [6.45, 7) is 15.9. The molecule has 0 saturated carbocycles. The number of aliphatic imine (C=N–C) groups is 2. The minimum Gasteiger partial charge on any atom is -0.370 e. The molecule has 5 N–H and O–H groups in total. The van der Waals surface area contributed by atoms with E-state index in [1.807, 2.05) is 13.8 Å². The highest BCUT2D eigenvalue weighted by Crippen LogP contribution is 2.14. The Morgan fingerprint density at radius 3 is 2.00 bits per heavy atom. The van der Waals surface area contributed by atoms with Gasteiger partial charge >= 0.3 is 0 Å². The van der Waals surface area contributed by atoms with Crippen LogP contribution in [0.4, 0.5) is 0 Å². The summed E-state index contributed by atoms with van der Waals surface area (Å²) in [5.41, 5.74) is 11.6.